The third-order valence-electron chi connectivity index (χ3n) is 5.56. The van der Waals surface area contributed by atoms with Gasteiger partial charge >= 0.3 is 0 Å². The molecule has 2 N–H and O–H groups in total. The molecule has 0 spiro atoms. The van der Waals surface area contributed by atoms with Crippen molar-refractivity contribution in [1.82, 2.24) is 20.5 Å². The zero-order valence-electron chi connectivity index (χ0n) is 16.9. The average molecular weight is 374 g/mol. The van der Waals surface area contributed by atoms with E-state index in [9.17, 15) is 0 Å². The van der Waals surface area contributed by atoms with Crippen LogP contribution in [0.5, 0.6) is 5.88 Å². The Morgan fingerprint density at radius 1 is 1.22 bits per heavy atom. The summed E-state index contributed by atoms with van der Waals surface area (Å²) in [7, 11) is 0. The lowest BCUT2D eigenvalue weighted by Gasteiger charge is -2.24. The van der Waals surface area contributed by atoms with E-state index in [0.29, 0.717) is 18.7 Å². The maximum absolute atomic E-state index is 6.01. The Morgan fingerprint density at radius 2 is 2.07 bits per heavy atom. The van der Waals surface area contributed by atoms with Gasteiger partial charge in [-0.25, -0.2) is 9.98 Å². The van der Waals surface area contributed by atoms with Gasteiger partial charge in [0.05, 0.1) is 6.54 Å². The molecule has 1 saturated carbocycles. The molecule has 0 radical (unpaired) electrons. The van der Waals surface area contributed by atoms with E-state index in [-0.39, 0.29) is 0 Å². The van der Waals surface area contributed by atoms with Crippen molar-refractivity contribution in [2.75, 3.05) is 26.2 Å². The Kier molecular flexibility index (Phi) is 7.75. The van der Waals surface area contributed by atoms with Crippen molar-refractivity contribution < 1.29 is 4.74 Å². The van der Waals surface area contributed by atoms with Crippen LogP contribution in [0.3, 0.4) is 0 Å². The summed E-state index contributed by atoms with van der Waals surface area (Å²) < 4.78 is 6.01. The van der Waals surface area contributed by atoms with Crippen molar-refractivity contribution in [1.29, 1.82) is 0 Å². The highest BCUT2D eigenvalue weighted by Gasteiger charge is 2.22. The number of guanidine groups is 1. The summed E-state index contributed by atoms with van der Waals surface area (Å²) in [6, 6.07) is 4.66. The van der Waals surface area contributed by atoms with Crippen LogP contribution in [-0.2, 0) is 6.54 Å². The van der Waals surface area contributed by atoms with Crippen LogP contribution in [0.15, 0.2) is 23.3 Å². The average Bonchev–Trinajstić information content (AvgIpc) is 3.36. The molecule has 6 heteroatoms. The lowest BCUT2D eigenvalue weighted by Crippen LogP contribution is -2.44. The minimum Gasteiger partial charge on any atom is -0.474 e. The van der Waals surface area contributed by atoms with Gasteiger partial charge in [-0.15, -0.1) is 0 Å². The number of ether oxygens (including phenoxy) is 1. The summed E-state index contributed by atoms with van der Waals surface area (Å²) in [5.74, 6) is 1.62. The lowest BCUT2D eigenvalue weighted by molar-refractivity contribution is 0.201. The highest BCUT2D eigenvalue weighted by Crippen LogP contribution is 2.23. The van der Waals surface area contributed by atoms with Crippen LogP contribution in [0, 0.1) is 0 Å². The second-order valence-electron chi connectivity index (χ2n) is 7.53. The van der Waals surface area contributed by atoms with Crippen molar-refractivity contribution in [3.63, 3.8) is 0 Å². The van der Waals surface area contributed by atoms with Gasteiger partial charge in [-0.2, -0.15) is 0 Å². The SMILES string of the molecule is CCNC(=NCc1ccnc(OC2CCCC2)c1)NCC1CCCN1CC. The number of aliphatic imine (C=N–C) groups is 1. The monoisotopic (exact) mass is 373 g/mol. The number of pyridine rings is 1. The number of hydrogen-bond acceptors (Lipinski definition) is 4. The zero-order valence-corrected chi connectivity index (χ0v) is 16.9. The molecule has 3 rings (SSSR count). The fraction of sp³-hybridized carbons (Fsp3) is 0.714. The smallest absolute Gasteiger partial charge is 0.213 e. The summed E-state index contributed by atoms with van der Waals surface area (Å²) >= 11 is 0. The highest BCUT2D eigenvalue weighted by atomic mass is 16.5. The number of nitrogens with one attached hydrogen (secondary N) is 2. The summed E-state index contributed by atoms with van der Waals surface area (Å²) in [5, 5.41) is 6.88. The Labute approximate surface area is 163 Å². The predicted octanol–water partition coefficient (Wildman–Crippen LogP) is 2.94. The molecule has 150 valence electrons. The van der Waals surface area contributed by atoms with Gasteiger partial charge in [0, 0.05) is 31.4 Å². The molecular weight excluding hydrogens is 338 g/mol. The molecule has 1 unspecified atom stereocenters. The molecule has 2 fully saturated rings. The van der Waals surface area contributed by atoms with Crippen LogP contribution < -0.4 is 15.4 Å². The van der Waals surface area contributed by atoms with E-state index in [4.69, 9.17) is 9.73 Å². The minimum absolute atomic E-state index is 0.336. The second kappa shape index (κ2) is 10.5. The number of nitrogens with zero attached hydrogens (tertiary/aromatic N) is 3. The predicted molar refractivity (Wildman–Crippen MR) is 110 cm³/mol. The number of likely N-dealkylation sites (N-methyl/N-ethyl adjacent to an activating group) is 1. The first-order valence-corrected chi connectivity index (χ1v) is 10.7. The second-order valence-corrected chi connectivity index (χ2v) is 7.53. The van der Waals surface area contributed by atoms with E-state index in [1.165, 1.54) is 32.2 Å². The van der Waals surface area contributed by atoms with Gasteiger partial charge in [0.1, 0.15) is 6.10 Å². The van der Waals surface area contributed by atoms with Gasteiger partial charge in [-0.1, -0.05) is 6.92 Å². The maximum atomic E-state index is 6.01. The van der Waals surface area contributed by atoms with Crippen LogP contribution >= 0.6 is 0 Å². The van der Waals surface area contributed by atoms with Crippen molar-refractivity contribution in [2.24, 2.45) is 4.99 Å². The standard InChI is InChI=1S/C21H35N5O/c1-3-22-21(25-16-18-8-7-13-26(18)4-2)24-15-17-11-12-23-20(14-17)27-19-9-5-6-10-19/h11-12,14,18-19H,3-10,13,15-16H2,1-2H3,(H2,22,24,25). The summed E-state index contributed by atoms with van der Waals surface area (Å²) in [6.07, 6.45) is 9.56. The van der Waals surface area contributed by atoms with Crippen molar-refractivity contribution in [3.8, 4) is 5.88 Å². The van der Waals surface area contributed by atoms with Crippen molar-refractivity contribution in [3.05, 3.63) is 23.9 Å². The number of aromatic nitrogens is 1. The molecule has 1 aliphatic carbocycles. The minimum atomic E-state index is 0.336. The molecule has 27 heavy (non-hydrogen) atoms. The molecule has 0 amide bonds. The molecule has 1 aromatic rings. The number of rotatable bonds is 8. The molecule has 2 heterocycles. The van der Waals surface area contributed by atoms with E-state index in [2.05, 4.69) is 34.4 Å². The topological polar surface area (TPSA) is 61.8 Å². The van der Waals surface area contributed by atoms with E-state index >= 15 is 0 Å². The van der Waals surface area contributed by atoms with Gasteiger partial charge in [0.25, 0.3) is 0 Å². The molecule has 0 aromatic carbocycles. The van der Waals surface area contributed by atoms with E-state index in [1.807, 2.05) is 18.3 Å². The Morgan fingerprint density at radius 3 is 2.85 bits per heavy atom. The molecular formula is C21H35N5O. The Balaban J connectivity index is 1.54. The van der Waals surface area contributed by atoms with Gasteiger partial charge < -0.3 is 15.4 Å². The third-order valence-corrected chi connectivity index (χ3v) is 5.56. The van der Waals surface area contributed by atoms with E-state index < -0.39 is 0 Å². The maximum Gasteiger partial charge on any atom is 0.213 e. The fourth-order valence-corrected chi connectivity index (χ4v) is 4.06. The zero-order chi connectivity index (χ0) is 18.9. The summed E-state index contributed by atoms with van der Waals surface area (Å²) in [5.41, 5.74) is 1.13. The quantitative estimate of drug-likeness (QED) is 0.542. The van der Waals surface area contributed by atoms with Crippen LogP contribution in [0.2, 0.25) is 0 Å². The largest absolute Gasteiger partial charge is 0.474 e. The van der Waals surface area contributed by atoms with Crippen LogP contribution in [0.1, 0.15) is 57.9 Å². The number of hydrogen-bond donors (Lipinski definition) is 2. The Hall–Kier alpha value is -1.82. The highest BCUT2D eigenvalue weighted by molar-refractivity contribution is 5.79. The molecule has 1 atom stereocenters. The van der Waals surface area contributed by atoms with Crippen molar-refractivity contribution in [2.45, 2.75) is 71.1 Å². The van der Waals surface area contributed by atoms with Crippen LogP contribution in [0.4, 0.5) is 0 Å². The summed E-state index contributed by atoms with van der Waals surface area (Å²) in [4.78, 5) is 11.7. The first-order chi connectivity index (χ1) is 13.3. The molecule has 0 bridgehead atoms. The third kappa shape index (κ3) is 6.09. The molecule has 1 saturated heterocycles. The number of likely N-dealkylation sites (tertiary alicyclic amines) is 1. The normalized spacial score (nSPS) is 21.6. The molecule has 1 aromatic heterocycles. The van der Waals surface area contributed by atoms with Gasteiger partial charge in [-0.3, -0.25) is 4.90 Å². The molecule has 2 aliphatic rings. The van der Waals surface area contributed by atoms with Crippen LogP contribution in [0.25, 0.3) is 0 Å². The van der Waals surface area contributed by atoms with Crippen LogP contribution in [-0.4, -0.2) is 54.2 Å². The molecule has 1 aliphatic heterocycles. The van der Waals surface area contributed by atoms with Gasteiger partial charge in [0.2, 0.25) is 5.88 Å². The van der Waals surface area contributed by atoms with Crippen molar-refractivity contribution >= 4 is 5.96 Å². The van der Waals surface area contributed by atoms with E-state index in [1.54, 1.807) is 0 Å². The lowest BCUT2D eigenvalue weighted by atomic mass is 10.2. The van der Waals surface area contributed by atoms with E-state index in [0.717, 1.165) is 49.9 Å². The van der Waals surface area contributed by atoms with Gasteiger partial charge in [-0.05, 0) is 70.2 Å². The first-order valence-electron chi connectivity index (χ1n) is 10.7. The first kappa shape index (κ1) is 19.9. The summed E-state index contributed by atoms with van der Waals surface area (Å²) in [6.45, 7) is 9.13. The Bertz CT molecular complexity index is 600. The van der Waals surface area contributed by atoms with Gasteiger partial charge in [0.15, 0.2) is 5.96 Å². The molecule has 6 nitrogen and oxygen atoms in total. The fourth-order valence-electron chi connectivity index (χ4n) is 4.06.